The average Bonchev–Trinajstić information content (AvgIpc) is 3.32. The summed E-state index contributed by atoms with van der Waals surface area (Å²) in [4.78, 5) is 16.1. The Labute approximate surface area is 244 Å². The molecule has 0 saturated carbocycles. The summed E-state index contributed by atoms with van der Waals surface area (Å²) in [6.07, 6.45) is 1.20. The van der Waals surface area contributed by atoms with Crippen molar-refractivity contribution in [2.45, 2.75) is 6.92 Å². The number of rotatable bonds is 3. The monoisotopic (exact) mass is 699 g/mol. The first-order chi connectivity index (χ1) is 19.0. The van der Waals surface area contributed by atoms with Crippen molar-refractivity contribution in [3.8, 4) is 11.3 Å². The standard InChI is InChI=1S/C25H14NO.C10H10O2.Ir/c1-2-6-17-13-20(10-9-16(17)5-1)22-11-12-23-25(26-22)21-14-18-7-3-4-8-19(18)15-24(21)27-23;1-8(11)7-10(12)9-5-3-2-4-6-9;/h1-12,14-15H;2-7,11H,1H3;/q-1;;/b;8-7-;. The Morgan fingerprint density at radius 1 is 0.775 bits per heavy atom. The Morgan fingerprint density at radius 2 is 1.45 bits per heavy atom. The van der Waals surface area contributed by atoms with Crippen LogP contribution in [0.5, 0.6) is 0 Å². The molecule has 0 unspecified atom stereocenters. The fraction of sp³-hybridized carbons (Fsp3) is 0.0286. The third-order valence-corrected chi connectivity index (χ3v) is 6.52. The van der Waals surface area contributed by atoms with Gasteiger partial charge in [0, 0.05) is 42.8 Å². The summed E-state index contributed by atoms with van der Waals surface area (Å²) in [5, 5.41) is 14.5. The van der Waals surface area contributed by atoms with E-state index in [1.807, 2.05) is 36.4 Å². The molecule has 7 aromatic rings. The van der Waals surface area contributed by atoms with E-state index in [2.05, 4.69) is 60.7 Å². The zero-order valence-corrected chi connectivity index (χ0v) is 24.0. The Morgan fingerprint density at radius 3 is 2.20 bits per heavy atom. The van der Waals surface area contributed by atoms with Crippen LogP contribution in [0.2, 0.25) is 0 Å². The van der Waals surface area contributed by atoms with E-state index in [4.69, 9.17) is 14.5 Å². The number of nitrogens with zero attached hydrogens (tertiary/aromatic N) is 1. The van der Waals surface area contributed by atoms with Crippen LogP contribution in [-0.2, 0) is 20.1 Å². The van der Waals surface area contributed by atoms with Gasteiger partial charge in [0.15, 0.2) is 11.4 Å². The minimum Gasteiger partial charge on any atom is -0.512 e. The molecule has 0 amide bonds. The summed E-state index contributed by atoms with van der Waals surface area (Å²) < 4.78 is 6.05. The number of aliphatic hydroxyl groups is 1. The third-order valence-electron chi connectivity index (χ3n) is 6.52. The van der Waals surface area contributed by atoms with Crippen molar-refractivity contribution in [3.63, 3.8) is 0 Å². The number of hydrogen-bond donors (Lipinski definition) is 1. The predicted molar refractivity (Wildman–Crippen MR) is 158 cm³/mol. The molecule has 0 fully saturated rings. The number of carbonyl (C=O) groups excluding carboxylic acids is 1. The van der Waals surface area contributed by atoms with Gasteiger partial charge in [0.25, 0.3) is 0 Å². The number of ketones is 1. The van der Waals surface area contributed by atoms with Gasteiger partial charge in [-0.1, -0.05) is 89.8 Å². The van der Waals surface area contributed by atoms with Crippen molar-refractivity contribution in [3.05, 3.63) is 139 Å². The first-order valence-electron chi connectivity index (χ1n) is 12.7. The molecule has 0 spiro atoms. The van der Waals surface area contributed by atoms with Crippen molar-refractivity contribution < 1.29 is 34.4 Å². The second-order valence-electron chi connectivity index (χ2n) is 9.32. The Kier molecular flexibility index (Phi) is 7.88. The van der Waals surface area contributed by atoms with Gasteiger partial charge >= 0.3 is 0 Å². The normalized spacial score (nSPS) is 11.3. The zero-order valence-electron chi connectivity index (χ0n) is 21.6. The quantitative estimate of drug-likeness (QED) is 0.0866. The first-order valence-corrected chi connectivity index (χ1v) is 12.7. The fourth-order valence-corrected chi connectivity index (χ4v) is 4.62. The van der Waals surface area contributed by atoms with Gasteiger partial charge in [0.2, 0.25) is 0 Å². The first kappa shape index (κ1) is 27.0. The van der Waals surface area contributed by atoms with Crippen molar-refractivity contribution in [2.75, 3.05) is 0 Å². The summed E-state index contributed by atoms with van der Waals surface area (Å²) in [7, 11) is 0. The SMILES string of the molecule is C/C(O)=C/C(=O)c1ccccc1.[Ir].[c-]1c(-c2ccc3oc4cc5ccccc5cc4c3n2)ccc2ccccc12. The average molecular weight is 699 g/mol. The van der Waals surface area contributed by atoms with Crippen LogP contribution < -0.4 is 0 Å². The van der Waals surface area contributed by atoms with Gasteiger partial charge in [-0.05, 0) is 35.9 Å². The molecular formula is C35H24IrNO3-. The maximum Gasteiger partial charge on any atom is 0.189 e. The van der Waals surface area contributed by atoms with Gasteiger partial charge in [0.05, 0.1) is 5.76 Å². The van der Waals surface area contributed by atoms with E-state index in [0.29, 0.717) is 5.56 Å². The van der Waals surface area contributed by atoms with Crippen LogP contribution in [0.3, 0.4) is 0 Å². The van der Waals surface area contributed by atoms with Gasteiger partial charge in [-0.3, -0.25) is 9.78 Å². The van der Waals surface area contributed by atoms with Crippen molar-refractivity contribution in [1.82, 2.24) is 4.98 Å². The van der Waals surface area contributed by atoms with Crippen LogP contribution in [0.4, 0.5) is 0 Å². The summed E-state index contributed by atoms with van der Waals surface area (Å²) >= 11 is 0. The largest absolute Gasteiger partial charge is 0.512 e. The molecule has 0 bridgehead atoms. The van der Waals surface area contributed by atoms with Crippen LogP contribution >= 0.6 is 0 Å². The number of fused-ring (bicyclic) bond motifs is 5. The summed E-state index contributed by atoms with van der Waals surface area (Å²) in [5.74, 6) is -0.139. The van der Waals surface area contributed by atoms with Gasteiger partial charge in [-0.25, -0.2) is 0 Å². The Balaban J connectivity index is 0.000000212. The number of carbonyl (C=O) groups is 1. The van der Waals surface area contributed by atoms with E-state index in [0.717, 1.165) is 38.7 Å². The Hall–Kier alpha value is -4.57. The topological polar surface area (TPSA) is 63.3 Å². The van der Waals surface area contributed by atoms with Crippen molar-refractivity contribution in [1.29, 1.82) is 0 Å². The summed E-state index contributed by atoms with van der Waals surface area (Å²) in [5.41, 5.74) is 5.07. The Bertz CT molecular complexity index is 2000. The molecule has 2 heterocycles. The van der Waals surface area contributed by atoms with E-state index in [-0.39, 0.29) is 31.6 Å². The molecule has 5 aromatic carbocycles. The van der Waals surface area contributed by atoms with E-state index in [9.17, 15) is 4.79 Å². The van der Waals surface area contributed by atoms with Gasteiger partial charge in [-0.2, -0.15) is 0 Å². The van der Waals surface area contributed by atoms with E-state index < -0.39 is 0 Å². The van der Waals surface area contributed by atoms with E-state index in [1.54, 1.807) is 24.3 Å². The second kappa shape index (κ2) is 11.7. The van der Waals surface area contributed by atoms with Crippen LogP contribution in [0.15, 0.2) is 132 Å². The van der Waals surface area contributed by atoms with Gasteiger partial charge in [-0.15, -0.1) is 29.7 Å². The molecule has 1 N–H and O–H groups in total. The summed E-state index contributed by atoms with van der Waals surface area (Å²) in [6, 6.07) is 41.4. The maximum absolute atomic E-state index is 11.2. The molecule has 7 rings (SSSR count). The number of furan rings is 1. The predicted octanol–water partition coefficient (Wildman–Crippen LogP) is 9.08. The van der Waals surface area contributed by atoms with Crippen LogP contribution in [0.1, 0.15) is 17.3 Å². The number of benzene rings is 5. The minimum absolute atomic E-state index is 0. The van der Waals surface area contributed by atoms with E-state index >= 15 is 0 Å². The number of aliphatic hydroxyl groups excluding tert-OH is 1. The van der Waals surface area contributed by atoms with Gasteiger partial charge in [0.1, 0.15) is 11.1 Å². The molecule has 5 heteroatoms. The molecular weight excluding hydrogens is 675 g/mol. The number of aromatic nitrogens is 1. The number of pyridine rings is 1. The van der Waals surface area contributed by atoms with Crippen LogP contribution in [0.25, 0.3) is 54.9 Å². The molecule has 2 aromatic heterocycles. The molecule has 1 radical (unpaired) electrons. The minimum atomic E-state index is -0.171. The molecule has 0 aliphatic heterocycles. The summed E-state index contributed by atoms with van der Waals surface area (Å²) in [6.45, 7) is 1.47. The molecule has 40 heavy (non-hydrogen) atoms. The van der Waals surface area contributed by atoms with Crippen molar-refractivity contribution in [2.24, 2.45) is 0 Å². The van der Waals surface area contributed by atoms with Gasteiger partial charge < -0.3 is 9.52 Å². The zero-order chi connectivity index (χ0) is 26.8. The fourth-order valence-electron chi connectivity index (χ4n) is 4.62. The smallest absolute Gasteiger partial charge is 0.189 e. The maximum atomic E-state index is 11.2. The molecule has 0 saturated heterocycles. The second-order valence-corrected chi connectivity index (χ2v) is 9.32. The van der Waals surface area contributed by atoms with Crippen LogP contribution in [-0.4, -0.2) is 15.9 Å². The molecule has 0 aliphatic carbocycles. The van der Waals surface area contributed by atoms with E-state index in [1.165, 1.54) is 29.2 Å². The van der Waals surface area contributed by atoms with Crippen molar-refractivity contribution >= 4 is 49.4 Å². The molecule has 197 valence electrons. The molecule has 4 nitrogen and oxygen atoms in total. The number of hydrogen-bond acceptors (Lipinski definition) is 4. The molecule has 0 aliphatic rings. The third kappa shape index (κ3) is 5.57. The van der Waals surface area contributed by atoms with Crippen LogP contribution in [0, 0.1) is 6.07 Å². The molecule has 0 atom stereocenters. The number of allylic oxidation sites excluding steroid dienone is 2.